The van der Waals surface area contributed by atoms with Crippen molar-refractivity contribution >= 4 is 17.5 Å². The van der Waals surface area contributed by atoms with E-state index in [0.29, 0.717) is 23.8 Å². The Bertz CT molecular complexity index is 522. The van der Waals surface area contributed by atoms with Gasteiger partial charge in [-0.3, -0.25) is 9.59 Å². The van der Waals surface area contributed by atoms with Crippen molar-refractivity contribution < 1.29 is 9.59 Å². The fraction of sp³-hybridized carbons (Fsp3) is 0.556. The quantitative estimate of drug-likeness (QED) is 0.755. The second-order valence-corrected chi connectivity index (χ2v) is 6.33. The first kappa shape index (κ1) is 17.5. The molecule has 5 heteroatoms. The minimum Gasteiger partial charge on any atom is -0.349 e. The lowest BCUT2D eigenvalue weighted by atomic mass is 9.95. The molecule has 1 atom stereocenters. The molecule has 1 aromatic carbocycles. The van der Waals surface area contributed by atoms with Gasteiger partial charge in [-0.1, -0.05) is 26.2 Å². The molecule has 1 aliphatic rings. The molecule has 2 amide bonds. The Balaban J connectivity index is 1.88. The van der Waals surface area contributed by atoms with Gasteiger partial charge in [0.15, 0.2) is 0 Å². The molecule has 23 heavy (non-hydrogen) atoms. The molecule has 1 fully saturated rings. The molecule has 0 aromatic heterocycles. The molecule has 1 aromatic rings. The second-order valence-electron chi connectivity index (χ2n) is 6.33. The summed E-state index contributed by atoms with van der Waals surface area (Å²) in [5.41, 5.74) is 1.35. The van der Waals surface area contributed by atoms with Gasteiger partial charge in [0.1, 0.15) is 0 Å². The van der Waals surface area contributed by atoms with Gasteiger partial charge in [-0.25, -0.2) is 0 Å². The van der Waals surface area contributed by atoms with Gasteiger partial charge in [-0.15, -0.1) is 0 Å². The predicted octanol–water partition coefficient (Wildman–Crippen LogP) is 2.54. The average molecular weight is 317 g/mol. The summed E-state index contributed by atoms with van der Waals surface area (Å²) in [5.74, 6) is -0.161. The number of carbonyl (C=O) groups is 2. The zero-order valence-electron chi connectivity index (χ0n) is 14.0. The van der Waals surface area contributed by atoms with Crippen molar-refractivity contribution in [1.29, 1.82) is 0 Å². The van der Waals surface area contributed by atoms with E-state index < -0.39 is 0 Å². The molecule has 2 rings (SSSR count). The highest BCUT2D eigenvalue weighted by Crippen LogP contribution is 2.18. The molecule has 0 spiro atoms. The van der Waals surface area contributed by atoms with Crippen molar-refractivity contribution in [2.24, 2.45) is 5.92 Å². The van der Waals surface area contributed by atoms with E-state index in [1.165, 1.54) is 19.3 Å². The molecule has 5 nitrogen and oxygen atoms in total. The van der Waals surface area contributed by atoms with Crippen molar-refractivity contribution in [3.8, 4) is 0 Å². The molecule has 0 aliphatic heterocycles. The molecular formula is C18H27N3O2. The van der Waals surface area contributed by atoms with Crippen LogP contribution in [0.5, 0.6) is 0 Å². The Hall–Kier alpha value is -1.88. The maximum Gasteiger partial charge on any atom is 0.251 e. The van der Waals surface area contributed by atoms with E-state index in [0.717, 1.165) is 12.8 Å². The number of carbonyl (C=O) groups excluding carboxylic acids is 2. The van der Waals surface area contributed by atoms with E-state index in [1.807, 2.05) is 14.0 Å². The summed E-state index contributed by atoms with van der Waals surface area (Å²) in [6.45, 7) is 2.51. The van der Waals surface area contributed by atoms with Crippen LogP contribution in [0.3, 0.4) is 0 Å². The zero-order chi connectivity index (χ0) is 16.7. The van der Waals surface area contributed by atoms with Crippen LogP contribution in [0.1, 0.15) is 49.4 Å². The minimum atomic E-state index is -0.103. The molecule has 0 heterocycles. The third kappa shape index (κ3) is 5.36. The third-order valence-electron chi connectivity index (χ3n) is 4.31. The normalized spacial score (nSPS) is 16.6. The van der Waals surface area contributed by atoms with Crippen LogP contribution in [0, 0.1) is 5.92 Å². The van der Waals surface area contributed by atoms with E-state index >= 15 is 0 Å². The Labute approximate surface area is 138 Å². The smallest absolute Gasteiger partial charge is 0.251 e. The monoisotopic (exact) mass is 317 g/mol. The lowest BCUT2D eigenvalue weighted by Crippen LogP contribution is -2.36. The van der Waals surface area contributed by atoms with Gasteiger partial charge in [0, 0.05) is 29.8 Å². The van der Waals surface area contributed by atoms with Crippen LogP contribution in [0.25, 0.3) is 0 Å². The van der Waals surface area contributed by atoms with Gasteiger partial charge in [-0.05, 0) is 44.2 Å². The first-order chi connectivity index (χ1) is 11.1. The Morgan fingerprint density at radius 2 is 1.78 bits per heavy atom. The first-order valence-corrected chi connectivity index (χ1v) is 8.46. The van der Waals surface area contributed by atoms with E-state index in [9.17, 15) is 9.59 Å². The lowest BCUT2D eigenvalue weighted by molar-refractivity contribution is -0.119. The number of hydrogen-bond acceptors (Lipinski definition) is 3. The van der Waals surface area contributed by atoms with Crippen LogP contribution in [-0.2, 0) is 4.79 Å². The first-order valence-electron chi connectivity index (χ1n) is 8.46. The molecule has 0 bridgehead atoms. The van der Waals surface area contributed by atoms with E-state index in [4.69, 9.17) is 0 Å². The third-order valence-corrected chi connectivity index (χ3v) is 4.31. The molecule has 1 saturated carbocycles. The Kier molecular flexibility index (Phi) is 6.59. The van der Waals surface area contributed by atoms with Gasteiger partial charge in [0.2, 0.25) is 5.91 Å². The van der Waals surface area contributed by atoms with E-state index in [-0.39, 0.29) is 17.7 Å². The molecule has 126 valence electrons. The van der Waals surface area contributed by atoms with Gasteiger partial charge < -0.3 is 16.0 Å². The predicted molar refractivity (Wildman–Crippen MR) is 92.5 cm³/mol. The molecule has 3 N–H and O–H groups in total. The largest absolute Gasteiger partial charge is 0.349 e. The number of nitrogens with one attached hydrogen (secondary N) is 3. The molecule has 0 saturated heterocycles. The van der Waals surface area contributed by atoms with Gasteiger partial charge >= 0.3 is 0 Å². The highest BCUT2D eigenvalue weighted by molar-refractivity contribution is 5.96. The highest BCUT2D eigenvalue weighted by atomic mass is 16.2. The number of rotatable bonds is 6. The summed E-state index contributed by atoms with van der Waals surface area (Å²) >= 11 is 0. The lowest BCUT2D eigenvalue weighted by Gasteiger charge is -2.22. The molecule has 1 unspecified atom stereocenters. The standard InChI is InChI=1S/C18H27N3O2/c1-13(12-19-2)17(22)20-16-10-8-14(9-11-16)18(23)21-15-6-4-3-5-7-15/h8-11,13,15,19H,3-7,12H2,1-2H3,(H,20,22)(H,21,23). The van der Waals surface area contributed by atoms with Crippen LogP contribution in [-0.4, -0.2) is 31.4 Å². The van der Waals surface area contributed by atoms with Gasteiger partial charge in [0.05, 0.1) is 0 Å². The summed E-state index contributed by atoms with van der Waals surface area (Å²) < 4.78 is 0. The molecule has 0 radical (unpaired) electrons. The van der Waals surface area contributed by atoms with E-state index in [1.54, 1.807) is 24.3 Å². The average Bonchev–Trinajstić information content (AvgIpc) is 2.56. The second kappa shape index (κ2) is 8.67. The fourth-order valence-corrected chi connectivity index (χ4v) is 2.88. The summed E-state index contributed by atoms with van der Waals surface area (Å²) in [4.78, 5) is 24.2. The summed E-state index contributed by atoms with van der Waals surface area (Å²) in [5, 5.41) is 8.94. The number of amides is 2. The summed E-state index contributed by atoms with van der Waals surface area (Å²) in [6, 6.07) is 7.38. The van der Waals surface area contributed by atoms with Gasteiger partial charge in [-0.2, -0.15) is 0 Å². The van der Waals surface area contributed by atoms with Crippen molar-refractivity contribution in [3.63, 3.8) is 0 Å². The van der Waals surface area contributed by atoms with Crippen LogP contribution >= 0.6 is 0 Å². The van der Waals surface area contributed by atoms with Crippen LogP contribution in [0.4, 0.5) is 5.69 Å². The maximum absolute atomic E-state index is 12.2. The maximum atomic E-state index is 12.2. The van der Waals surface area contributed by atoms with Crippen LogP contribution in [0.2, 0.25) is 0 Å². The van der Waals surface area contributed by atoms with Crippen molar-refractivity contribution in [2.75, 3.05) is 18.9 Å². The Morgan fingerprint density at radius 1 is 1.13 bits per heavy atom. The topological polar surface area (TPSA) is 70.2 Å². The molecular weight excluding hydrogens is 290 g/mol. The van der Waals surface area contributed by atoms with Gasteiger partial charge in [0.25, 0.3) is 5.91 Å². The number of benzene rings is 1. The highest BCUT2D eigenvalue weighted by Gasteiger charge is 2.17. The summed E-state index contributed by atoms with van der Waals surface area (Å²) in [7, 11) is 1.82. The zero-order valence-corrected chi connectivity index (χ0v) is 14.0. The van der Waals surface area contributed by atoms with Crippen LogP contribution in [0.15, 0.2) is 24.3 Å². The number of anilines is 1. The van der Waals surface area contributed by atoms with E-state index in [2.05, 4.69) is 16.0 Å². The van der Waals surface area contributed by atoms with Crippen molar-refractivity contribution in [2.45, 2.75) is 45.1 Å². The molecule has 1 aliphatic carbocycles. The van der Waals surface area contributed by atoms with Crippen molar-refractivity contribution in [1.82, 2.24) is 10.6 Å². The fourth-order valence-electron chi connectivity index (χ4n) is 2.88. The SMILES string of the molecule is CNCC(C)C(=O)Nc1ccc(C(=O)NC2CCCCC2)cc1. The number of hydrogen-bond donors (Lipinski definition) is 3. The van der Waals surface area contributed by atoms with Crippen LogP contribution < -0.4 is 16.0 Å². The Morgan fingerprint density at radius 3 is 2.39 bits per heavy atom. The minimum absolute atomic E-state index is 0.0289. The van der Waals surface area contributed by atoms with Crippen molar-refractivity contribution in [3.05, 3.63) is 29.8 Å². The summed E-state index contributed by atoms with van der Waals surface area (Å²) in [6.07, 6.45) is 5.81.